The molecule has 3 aliphatic heterocycles. The summed E-state index contributed by atoms with van der Waals surface area (Å²) in [7, 11) is 0. The standard InChI is InChI=1S/C30H34N2O4/c1-21-28(33)18-29(36-20-26-19-34-15-16-35-26)32-14-11-24-17-25(7-8-27(24)30(21)32)31-12-9-23(10-13-31)22-5-3-2-4-6-22/h2-8,17-18,23,26H,9-16,19-20H2,1H3/t26-/m0/s1. The van der Waals surface area contributed by atoms with Gasteiger partial charge in [0.05, 0.1) is 25.5 Å². The zero-order valence-electron chi connectivity index (χ0n) is 20.9. The van der Waals surface area contributed by atoms with E-state index < -0.39 is 0 Å². The topological polar surface area (TPSA) is 52.9 Å². The molecule has 4 heterocycles. The first-order valence-corrected chi connectivity index (χ1v) is 13.2. The van der Waals surface area contributed by atoms with Gasteiger partial charge in [0.1, 0.15) is 12.7 Å². The van der Waals surface area contributed by atoms with Crippen LogP contribution in [0.3, 0.4) is 0 Å². The van der Waals surface area contributed by atoms with Crippen LogP contribution in [0.5, 0.6) is 5.88 Å². The minimum atomic E-state index is -0.101. The van der Waals surface area contributed by atoms with Crippen LogP contribution in [0.4, 0.5) is 5.69 Å². The van der Waals surface area contributed by atoms with Gasteiger partial charge in [0, 0.05) is 42.5 Å². The van der Waals surface area contributed by atoms with Crippen molar-refractivity contribution >= 4 is 5.69 Å². The maximum atomic E-state index is 12.9. The Morgan fingerprint density at radius 1 is 1.00 bits per heavy atom. The fourth-order valence-electron chi connectivity index (χ4n) is 5.87. The SMILES string of the molecule is Cc1c2n(c(OC[C@@H]3COCCO3)cc1=O)CCc1cc(N3CCC(c4ccccc4)CC3)ccc1-2. The maximum Gasteiger partial charge on any atom is 0.197 e. The average molecular weight is 487 g/mol. The summed E-state index contributed by atoms with van der Waals surface area (Å²) in [6.45, 7) is 6.97. The van der Waals surface area contributed by atoms with Crippen LogP contribution in [0.1, 0.15) is 35.4 Å². The summed E-state index contributed by atoms with van der Waals surface area (Å²) >= 11 is 0. The molecule has 0 unspecified atom stereocenters. The molecule has 0 aliphatic carbocycles. The lowest BCUT2D eigenvalue weighted by atomic mass is 9.89. The van der Waals surface area contributed by atoms with Gasteiger partial charge in [-0.25, -0.2) is 0 Å². The molecule has 188 valence electrons. The third-order valence-corrected chi connectivity index (χ3v) is 7.90. The second-order valence-electron chi connectivity index (χ2n) is 10.1. The van der Waals surface area contributed by atoms with E-state index >= 15 is 0 Å². The predicted molar refractivity (Wildman–Crippen MR) is 141 cm³/mol. The molecule has 36 heavy (non-hydrogen) atoms. The molecule has 6 heteroatoms. The number of hydrogen-bond donors (Lipinski definition) is 0. The molecule has 0 saturated carbocycles. The Morgan fingerprint density at radius 2 is 1.83 bits per heavy atom. The van der Waals surface area contributed by atoms with Crippen LogP contribution < -0.4 is 15.1 Å². The van der Waals surface area contributed by atoms with Crippen molar-refractivity contribution in [3.8, 4) is 17.1 Å². The van der Waals surface area contributed by atoms with Crippen molar-refractivity contribution in [2.24, 2.45) is 0 Å². The van der Waals surface area contributed by atoms with Crippen LogP contribution in [0.25, 0.3) is 11.3 Å². The van der Waals surface area contributed by atoms with Gasteiger partial charge in [0.15, 0.2) is 11.3 Å². The van der Waals surface area contributed by atoms with E-state index in [0.717, 1.165) is 42.9 Å². The number of fused-ring (bicyclic) bond motifs is 3. The molecule has 0 radical (unpaired) electrons. The monoisotopic (exact) mass is 486 g/mol. The van der Waals surface area contributed by atoms with Crippen LogP contribution in [-0.2, 0) is 22.4 Å². The molecule has 1 aromatic heterocycles. The average Bonchev–Trinajstić information content (AvgIpc) is 2.94. The Kier molecular flexibility index (Phi) is 6.55. The van der Waals surface area contributed by atoms with Gasteiger partial charge in [0.2, 0.25) is 0 Å². The first-order valence-electron chi connectivity index (χ1n) is 13.2. The summed E-state index contributed by atoms with van der Waals surface area (Å²) in [4.78, 5) is 15.4. The molecule has 2 aromatic carbocycles. The lowest BCUT2D eigenvalue weighted by molar-refractivity contribution is -0.102. The third kappa shape index (κ3) is 4.56. The first-order chi connectivity index (χ1) is 17.7. The lowest BCUT2D eigenvalue weighted by Crippen LogP contribution is -2.34. The van der Waals surface area contributed by atoms with Crippen molar-refractivity contribution in [1.29, 1.82) is 0 Å². The number of ether oxygens (including phenoxy) is 3. The molecule has 0 spiro atoms. The Labute approximate surface area is 212 Å². The number of piperidine rings is 1. The van der Waals surface area contributed by atoms with Gasteiger partial charge in [-0.1, -0.05) is 36.4 Å². The fourth-order valence-corrected chi connectivity index (χ4v) is 5.87. The van der Waals surface area contributed by atoms with Crippen LogP contribution in [-0.4, -0.2) is 50.2 Å². The Morgan fingerprint density at radius 3 is 2.61 bits per heavy atom. The molecular formula is C30H34N2O4. The van der Waals surface area contributed by atoms with Gasteiger partial charge < -0.3 is 23.7 Å². The van der Waals surface area contributed by atoms with Gasteiger partial charge in [-0.2, -0.15) is 0 Å². The molecule has 0 N–H and O–H groups in total. The second kappa shape index (κ2) is 10.1. The van der Waals surface area contributed by atoms with Crippen LogP contribution in [0.2, 0.25) is 0 Å². The van der Waals surface area contributed by atoms with E-state index in [0.29, 0.717) is 38.2 Å². The van der Waals surface area contributed by atoms with Gasteiger partial charge in [-0.05, 0) is 55.4 Å². The number of aromatic nitrogens is 1. The molecular weight excluding hydrogens is 452 g/mol. The largest absolute Gasteiger partial charge is 0.476 e. The van der Waals surface area contributed by atoms with Crippen LogP contribution >= 0.6 is 0 Å². The van der Waals surface area contributed by atoms with E-state index in [9.17, 15) is 4.79 Å². The summed E-state index contributed by atoms with van der Waals surface area (Å²) in [5.74, 6) is 1.26. The third-order valence-electron chi connectivity index (χ3n) is 7.90. The van der Waals surface area contributed by atoms with E-state index in [1.165, 1.54) is 29.7 Å². The van der Waals surface area contributed by atoms with Gasteiger partial charge in [-0.15, -0.1) is 0 Å². The molecule has 2 saturated heterocycles. The second-order valence-corrected chi connectivity index (χ2v) is 10.1. The quantitative estimate of drug-likeness (QED) is 0.529. The summed E-state index contributed by atoms with van der Waals surface area (Å²) in [5, 5.41) is 0. The highest BCUT2D eigenvalue weighted by atomic mass is 16.6. The summed E-state index contributed by atoms with van der Waals surface area (Å²) in [6, 6.07) is 19.3. The van der Waals surface area contributed by atoms with E-state index in [4.69, 9.17) is 14.2 Å². The van der Waals surface area contributed by atoms with E-state index in [1.54, 1.807) is 6.07 Å². The number of anilines is 1. The predicted octanol–water partition coefficient (Wildman–Crippen LogP) is 4.56. The van der Waals surface area contributed by atoms with Gasteiger partial charge >= 0.3 is 0 Å². The molecule has 2 fully saturated rings. The molecule has 6 nitrogen and oxygen atoms in total. The van der Waals surface area contributed by atoms with Crippen LogP contribution in [0.15, 0.2) is 59.4 Å². The van der Waals surface area contributed by atoms with Gasteiger partial charge in [0.25, 0.3) is 0 Å². The summed E-state index contributed by atoms with van der Waals surface area (Å²) < 4.78 is 19.5. The van der Waals surface area contributed by atoms with E-state index in [2.05, 4.69) is 58.0 Å². The van der Waals surface area contributed by atoms with Crippen molar-refractivity contribution in [3.05, 3.63) is 81.5 Å². The highest BCUT2D eigenvalue weighted by Crippen LogP contribution is 2.37. The Bertz CT molecular complexity index is 1270. The number of pyridine rings is 1. The molecule has 3 aromatic rings. The maximum absolute atomic E-state index is 12.9. The smallest absolute Gasteiger partial charge is 0.197 e. The number of rotatable bonds is 5. The van der Waals surface area contributed by atoms with Crippen molar-refractivity contribution in [2.75, 3.05) is 44.4 Å². The Balaban J connectivity index is 1.22. The van der Waals surface area contributed by atoms with Crippen LogP contribution in [0, 0.1) is 6.92 Å². The van der Waals surface area contributed by atoms with Crippen molar-refractivity contribution in [2.45, 2.75) is 44.8 Å². The summed E-state index contributed by atoms with van der Waals surface area (Å²) in [5.41, 5.74) is 6.96. The molecule has 1 atom stereocenters. The molecule has 0 amide bonds. The minimum Gasteiger partial charge on any atom is -0.476 e. The van der Waals surface area contributed by atoms with Crippen molar-refractivity contribution in [3.63, 3.8) is 0 Å². The zero-order chi connectivity index (χ0) is 24.5. The van der Waals surface area contributed by atoms with E-state index in [1.807, 2.05) is 6.92 Å². The lowest BCUT2D eigenvalue weighted by Gasteiger charge is -2.35. The van der Waals surface area contributed by atoms with Gasteiger partial charge in [-0.3, -0.25) is 4.79 Å². The molecule has 6 rings (SSSR count). The number of aryl methyl sites for hydroxylation is 1. The minimum absolute atomic E-state index is 0.0111. The van der Waals surface area contributed by atoms with E-state index in [-0.39, 0.29) is 11.5 Å². The Hall–Kier alpha value is -3.09. The normalized spacial score (nSPS) is 20.0. The fraction of sp³-hybridized carbons (Fsp3) is 0.433. The van der Waals surface area contributed by atoms with Crippen molar-refractivity contribution < 1.29 is 14.2 Å². The number of benzene rings is 2. The summed E-state index contributed by atoms with van der Waals surface area (Å²) in [6.07, 6.45) is 3.16. The zero-order valence-corrected chi connectivity index (χ0v) is 20.9. The highest BCUT2D eigenvalue weighted by Gasteiger charge is 2.25. The van der Waals surface area contributed by atoms with Crippen molar-refractivity contribution in [1.82, 2.24) is 4.57 Å². The molecule has 3 aliphatic rings. The number of nitrogens with zero attached hydrogens (tertiary/aromatic N) is 2. The molecule has 0 bridgehead atoms. The highest BCUT2D eigenvalue weighted by molar-refractivity contribution is 5.72. The number of hydrogen-bond acceptors (Lipinski definition) is 5. The first kappa shape index (κ1) is 23.3.